The summed E-state index contributed by atoms with van der Waals surface area (Å²) in [6.45, 7) is 8.31. The number of ether oxygens (including phenoxy) is 1. The summed E-state index contributed by atoms with van der Waals surface area (Å²) in [5.74, 6) is 3.35. The highest BCUT2D eigenvalue weighted by molar-refractivity contribution is 5.79. The fraction of sp³-hybridized carbons (Fsp3) is 0.526. The smallest absolute Gasteiger partial charge is 0.228 e. The molecule has 0 saturated heterocycles. The van der Waals surface area contributed by atoms with Crippen molar-refractivity contribution in [3.8, 4) is 5.75 Å². The first kappa shape index (κ1) is 19.8. The number of aromatic nitrogens is 2. The zero-order valence-electron chi connectivity index (χ0n) is 16.3. The quantitative estimate of drug-likeness (QED) is 0.577. The molecule has 0 radical (unpaired) electrons. The number of benzene rings is 1. The van der Waals surface area contributed by atoms with Gasteiger partial charge in [0, 0.05) is 32.5 Å². The number of guanidine groups is 1. The lowest BCUT2D eigenvalue weighted by Gasteiger charge is -2.22. The summed E-state index contributed by atoms with van der Waals surface area (Å²) >= 11 is 0. The van der Waals surface area contributed by atoms with Gasteiger partial charge in [0.15, 0.2) is 11.8 Å². The van der Waals surface area contributed by atoms with E-state index in [-0.39, 0.29) is 5.92 Å². The molecule has 2 rings (SSSR count). The van der Waals surface area contributed by atoms with Crippen LogP contribution in [0.5, 0.6) is 5.75 Å². The molecule has 0 saturated carbocycles. The molecule has 7 heteroatoms. The molecule has 0 aliphatic carbocycles. The van der Waals surface area contributed by atoms with Crippen molar-refractivity contribution in [1.82, 2.24) is 20.4 Å². The molecule has 7 nitrogen and oxygen atoms in total. The number of rotatable bonds is 8. The maximum atomic E-state index is 5.27. The van der Waals surface area contributed by atoms with Crippen LogP contribution in [0.25, 0.3) is 0 Å². The third-order valence-electron chi connectivity index (χ3n) is 3.86. The lowest BCUT2D eigenvalue weighted by atomic mass is 10.2. The van der Waals surface area contributed by atoms with Gasteiger partial charge in [0.1, 0.15) is 5.75 Å². The molecule has 0 amide bonds. The van der Waals surface area contributed by atoms with Crippen molar-refractivity contribution in [1.29, 1.82) is 0 Å². The Morgan fingerprint density at radius 3 is 2.62 bits per heavy atom. The summed E-state index contributed by atoms with van der Waals surface area (Å²) in [6, 6.07) is 8.06. The maximum absolute atomic E-state index is 5.27. The van der Waals surface area contributed by atoms with Gasteiger partial charge in [-0.2, -0.15) is 4.98 Å². The van der Waals surface area contributed by atoms with Gasteiger partial charge in [-0.15, -0.1) is 0 Å². The Labute approximate surface area is 155 Å². The number of nitrogens with zero attached hydrogens (tertiary/aromatic N) is 4. The summed E-state index contributed by atoms with van der Waals surface area (Å²) in [5.41, 5.74) is 1.19. The minimum atomic E-state index is 0.268. The van der Waals surface area contributed by atoms with Crippen molar-refractivity contribution in [3.05, 3.63) is 41.5 Å². The number of methoxy groups -OCH3 is 1. The summed E-state index contributed by atoms with van der Waals surface area (Å²) in [7, 11) is 3.69. The number of nitrogens with one attached hydrogen (secondary N) is 1. The van der Waals surface area contributed by atoms with Gasteiger partial charge in [0.2, 0.25) is 5.89 Å². The van der Waals surface area contributed by atoms with E-state index < -0.39 is 0 Å². The fourth-order valence-electron chi connectivity index (χ4n) is 2.41. The first-order chi connectivity index (χ1) is 12.5. The molecule has 0 fully saturated rings. The van der Waals surface area contributed by atoms with E-state index in [1.54, 1.807) is 7.11 Å². The first-order valence-corrected chi connectivity index (χ1v) is 8.98. The second-order valence-corrected chi connectivity index (χ2v) is 6.39. The molecule has 142 valence electrons. The van der Waals surface area contributed by atoms with Crippen molar-refractivity contribution >= 4 is 5.96 Å². The van der Waals surface area contributed by atoms with Crippen LogP contribution in [0.2, 0.25) is 0 Å². The predicted molar refractivity (Wildman–Crippen MR) is 103 cm³/mol. The molecule has 1 aromatic heterocycles. The molecule has 0 spiro atoms. The normalized spacial score (nSPS) is 11.7. The van der Waals surface area contributed by atoms with Crippen LogP contribution < -0.4 is 10.1 Å². The van der Waals surface area contributed by atoms with E-state index in [0.717, 1.165) is 30.6 Å². The Bertz CT molecular complexity index is 694. The van der Waals surface area contributed by atoms with Crippen LogP contribution in [-0.4, -0.2) is 48.2 Å². The molecule has 0 unspecified atom stereocenters. The zero-order valence-corrected chi connectivity index (χ0v) is 16.3. The van der Waals surface area contributed by atoms with Crippen LogP contribution in [0, 0.1) is 0 Å². The van der Waals surface area contributed by atoms with E-state index in [9.17, 15) is 0 Å². The first-order valence-electron chi connectivity index (χ1n) is 8.98. The highest BCUT2D eigenvalue weighted by Crippen LogP contribution is 2.13. The van der Waals surface area contributed by atoms with Gasteiger partial charge in [-0.1, -0.05) is 31.1 Å². The van der Waals surface area contributed by atoms with Gasteiger partial charge < -0.3 is 19.5 Å². The largest absolute Gasteiger partial charge is 0.497 e. The molecule has 1 heterocycles. The Morgan fingerprint density at radius 2 is 2.04 bits per heavy atom. The lowest BCUT2D eigenvalue weighted by molar-refractivity contribution is 0.372. The van der Waals surface area contributed by atoms with Crippen LogP contribution in [-0.2, 0) is 13.0 Å². The number of hydrogen-bond donors (Lipinski definition) is 1. The average molecular weight is 359 g/mol. The van der Waals surface area contributed by atoms with Crippen molar-refractivity contribution in [2.75, 3.05) is 27.2 Å². The Morgan fingerprint density at radius 1 is 1.31 bits per heavy atom. The van der Waals surface area contributed by atoms with Crippen LogP contribution in [0.15, 0.2) is 33.8 Å². The van der Waals surface area contributed by atoms with Gasteiger partial charge in [-0.05, 0) is 24.6 Å². The van der Waals surface area contributed by atoms with Gasteiger partial charge >= 0.3 is 0 Å². The molecular formula is C19H29N5O2. The van der Waals surface area contributed by atoms with E-state index in [1.807, 2.05) is 33.0 Å². The summed E-state index contributed by atoms with van der Waals surface area (Å²) in [5, 5.41) is 7.30. The molecule has 1 aromatic carbocycles. The van der Waals surface area contributed by atoms with Crippen LogP contribution in [0.3, 0.4) is 0 Å². The minimum absolute atomic E-state index is 0.268. The van der Waals surface area contributed by atoms with Crippen molar-refractivity contribution < 1.29 is 9.26 Å². The molecule has 0 aliphatic heterocycles. The van der Waals surface area contributed by atoms with Crippen LogP contribution >= 0.6 is 0 Å². The molecule has 1 N–H and O–H groups in total. The Kier molecular flexibility index (Phi) is 7.44. The van der Waals surface area contributed by atoms with Crippen molar-refractivity contribution in [2.45, 2.75) is 39.7 Å². The highest BCUT2D eigenvalue weighted by Gasteiger charge is 2.10. The van der Waals surface area contributed by atoms with Gasteiger partial charge in [-0.3, -0.25) is 4.99 Å². The Hall–Kier alpha value is -2.57. The second-order valence-electron chi connectivity index (χ2n) is 6.39. The summed E-state index contributed by atoms with van der Waals surface area (Å²) in [4.78, 5) is 11.2. The zero-order chi connectivity index (χ0) is 18.9. The molecular weight excluding hydrogens is 330 g/mol. The monoisotopic (exact) mass is 359 g/mol. The van der Waals surface area contributed by atoms with Crippen LogP contribution in [0.1, 0.15) is 44.0 Å². The maximum Gasteiger partial charge on any atom is 0.228 e. The molecule has 0 aliphatic rings. The van der Waals surface area contributed by atoms with E-state index in [2.05, 4.69) is 44.4 Å². The van der Waals surface area contributed by atoms with E-state index in [4.69, 9.17) is 9.26 Å². The number of hydrogen-bond acceptors (Lipinski definition) is 5. The molecule has 0 bridgehead atoms. The van der Waals surface area contributed by atoms with Crippen molar-refractivity contribution in [3.63, 3.8) is 0 Å². The molecule has 2 aromatic rings. The van der Waals surface area contributed by atoms with Crippen molar-refractivity contribution in [2.24, 2.45) is 4.99 Å². The highest BCUT2D eigenvalue weighted by atomic mass is 16.5. The van der Waals surface area contributed by atoms with Gasteiger partial charge in [0.25, 0.3) is 0 Å². The van der Waals surface area contributed by atoms with Gasteiger partial charge in [0.05, 0.1) is 13.7 Å². The fourth-order valence-corrected chi connectivity index (χ4v) is 2.41. The number of aliphatic imine (C=N–C) groups is 1. The minimum Gasteiger partial charge on any atom is -0.497 e. The van der Waals surface area contributed by atoms with Crippen LogP contribution in [0.4, 0.5) is 0 Å². The SMILES string of the molecule is CCNC(=NCCc1nc(C(C)C)no1)N(C)Cc1ccc(OC)cc1. The van der Waals surface area contributed by atoms with E-state index in [1.165, 1.54) is 5.56 Å². The second kappa shape index (κ2) is 9.79. The standard InChI is InChI=1S/C19H29N5O2/c1-6-20-19(21-12-11-17-22-18(14(2)3)23-26-17)24(4)13-15-7-9-16(25-5)10-8-15/h7-10,14H,6,11-13H2,1-5H3,(H,20,21). The molecule has 0 atom stereocenters. The lowest BCUT2D eigenvalue weighted by Crippen LogP contribution is -2.38. The van der Waals surface area contributed by atoms with Gasteiger partial charge in [-0.25, -0.2) is 0 Å². The molecule has 26 heavy (non-hydrogen) atoms. The average Bonchev–Trinajstić information content (AvgIpc) is 3.11. The summed E-state index contributed by atoms with van der Waals surface area (Å²) < 4.78 is 10.5. The topological polar surface area (TPSA) is 75.8 Å². The predicted octanol–water partition coefficient (Wildman–Crippen LogP) is 2.84. The van der Waals surface area contributed by atoms with E-state index >= 15 is 0 Å². The third kappa shape index (κ3) is 5.75. The van der Waals surface area contributed by atoms with E-state index in [0.29, 0.717) is 18.9 Å². The Balaban J connectivity index is 1.95. The third-order valence-corrected chi connectivity index (χ3v) is 3.86. The summed E-state index contributed by atoms with van der Waals surface area (Å²) in [6.07, 6.45) is 0.630.